The Kier molecular flexibility index (Phi) is 4.81. The summed E-state index contributed by atoms with van der Waals surface area (Å²) in [6, 6.07) is 2.49. The normalized spacial score (nSPS) is 15.0. The molecule has 0 bridgehead atoms. The van der Waals surface area contributed by atoms with Gasteiger partial charge in [-0.25, -0.2) is 0 Å². The van der Waals surface area contributed by atoms with Crippen LogP contribution in [0.4, 0.5) is 5.69 Å². The molecule has 0 saturated heterocycles. The Bertz CT molecular complexity index is 586. The minimum absolute atomic E-state index is 0.0151. The van der Waals surface area contributed by atoms with E-state index in [9.17, 15) is 14.9 Å². The van der Waals surface area contributed by atoms with Crippen molar-refractivity contribution in [1.29, 1.82) is 0 Å². The van der Waals surface area contributed by atoms with Crippen LogP contribution in [0, 0.1) is 16.0 Å². The summed E-state index contributed by atoms with van der Waals surface area (Å²) in [6.45, 7) is 0.339. The van der Waals surface area contributed by atoms with Crippen LogP contribution >= 0.6 is 0 Å². The van der Waals surface area contributed by atoms with E-state index in [-0.39, 0.29) is 28.8 Å². The Morgan fingerprint density at radius 2 is 2.14 bits per heavy atom. The molecule has 1 aromatic carbocycles. The van der Waals surface area contributed by atoms with Crippen molar-refractivity contribution in [2.75, 3.05) is 20.8 Å². The van der Waals surface area contributed by atoms with Gasteiger partial charge in [0.15, 0.2) is 5.75 Å². The molecule has 1 aliphatic rings. The number of nitrogens with zero attached hydrogens (tertiary/aromatic N) is 1. The van der Waals surface area contributed by atoms with Crippen LogP contribution < -0.4 is 20.5 Å². The minimum atomic E-state index is -0.617. The Balaban J connectivity index is 2.20. The second kappa shape index (κ2) is 6.61. The summed E-state index contributed by atoms with van der Waals surface area (Å²) in [5.74, 6) is 0.146. The van der Waals surface area contributed by atoms with Crippen LogP contribution in [0.25, 0.3) is 0 Å². The molecule has 120 valence electrons. The van der Waals surface area contributed by atoms with E-state index >= 15 is 0 Å². The van der Waals surface area contributed by atoms with Crippen molar-refractivity contribution in [3.63, 3.8) is 0 Å². The topological polar surface area (TPSA) is 117 Å². The van der Waals surface area contributed by atoms with Gasteiger partial charge in [-0.15, -0.1) is 0 Å². The lowest BCUT2D eigenvalue weighted by Gasteiger charge is -2.13. The minimum Gasteiger partial charge on any atom is -0.493 e. The Labute approximate surface area is 127 Å². The van der Waals surface area contributed by atoms with Crippen LogP contribution in [0.3, 0.4) is 0 Å². The first-order chi connectivity index (χ1) is 10.5. The zero-order chi connectivity index (χ0) is 16.3. The average molecular weight is 309 g/mol. The summed E-state index contributed by atoms with van der Waals surface area (Å²) in [7, 11) is 2.66. The maximum absolute atomic E-state index is 12.1. The number of hydrogen-bond acceptors (Lipinski definition) is 6. The molecule has 1 fully saturated rings. The first-order valence-corrected chi connectivity index (χ1v) is 6.92. The zero-order valence-electron chi connectivity index (χ0n) is 12.5. The third-order valence-electron chi connectivity index (χ3n) is 3.64. The van der Waals surface area contributed by atoms with Crippen molar-refractivity contribution >= 4 is 11.6 Å². The molecule has 3 N–H and O–H groups in total. The van der Waals surface area contributed by atoms with Gasteiger partial charge < -0.3 is 20.5 Å². The van der Waals surface area contributed by atoms with Crippen molar-refractivity contribution < 1.29 is 19.2 Å². The van der Waals surface area contributed by atoms with Crippen molar-refractivity contribution in [1.82, 2.24) is 5.32 Å². The van der Waals surface area contributed by atoms with Crippen molar-refractivity contribution in [3.8, 4) is 11.5 Å². The van der Waals surface area contributed by atoms with Crippen LogP contribution in [-0.2, 0) is 0 Å². The van der Waals surface area contributed by atoms with Gasteiger partial charge in [0.05, 0.1) is 24.7 Å². The molecule has 1 saturated carbocycles. The highest BCUT2D eigenvalue weighted by Gasteiger charge is 2.29. The van der Waals surface area contributed by atoms with E-state index in [2.05, 4.69) is 5.32 Å². The molecule has 0 aromatic heterocycles. The summed E-state index contributed by atoms with van der Waals surface area (Å²) in [4.78, 5) is 22.6. The van der Waals surface area contributed by atoms with E-state index in [1.165, 1.54) is 26.4 Å². The number of ether oxygens (including phenoxy) is 2. The van der Waals surface area contributed by atoms with E-state index < -0.39 is 10.8 Å². The fourth-order valence-electron chi connectivity index (χ4n) is 2.21. The number of benzene rings is 1. The summed E-state index contributed by atoms with van der Waals surface area (Å²) in [5, 5.41) is 13.8. The molecule has 0 heterocycles. The molecular weight excluding hydrogens is 290 g/mol. The zero-order valence-corrected chi connectivity index (χ0v) is 12.5. The molecule has 8 nitrogen and oxygen atoms in total. The third kappa shape index (κ3) is 3.45. The lowest BCUT2D eigenvalue weighted by molar-refractivity contribution is -0.385. The number of hydrogen-bond donors (Lipinski definition) is 2. The summed E-state index contributed by atoms with van der Waals surface area (Å²) in [5.41, 5.74) is 5.73. The standard InChI is InChI=1S/C14H19N3O5/c1-21-12-6-9(5-11(17(19)20)13(12)22-2)14(18)16-7-10(15)8-3-4-8/h5-6,8,10H,3-4,7,15H2,1-2H3,(H,16,18). The summed E-state index contributed by atoms with van der Waals surface area (Å²) >= 11 is 0. The predicted molar refractivity (Wildman–Crippen MR) is 79.2 cm³/mol. The Hall–Kier alpha value is -2.35. The average Bonchev–Trinajstić information content (AvgIpc) is 3.35. The second-order valence-corrected chi connectivity index (χ2v) is 5.20. The van der Waals surface area contributed by atoms with Gasteiger partial charge in [0, 0.05) is 18.7 Å². The van der Waals surface area contributed by atoms with E-state index in [1.54, 1.807) is 0 Å². The highest BCUT2D eigenvalue weighted by Crippen LogP contribution is 2.38. The SMILES string of the molecule is COc1cc(C(=O)NCC(N)C2CC2)cc([N+](=O)[O-])c1OC. The van der Waals surface area contributed by atoms with Crippen molar-refractivity contribution in [2.24, 2.45) is 11.7 Å². The number of nitrogens with one attached hydrogen (secondary N) is 1. The molecule has 1 amide bonds. The summed E-state index contributed by atoms with van der Waals surface area (Å²) < 4.78 is 10.0. The number of nitro benzene ring substituents is 1. The molecule has 8 heteroatoms. The molecule has 22 heavy (non-hydrogen) atoms. The van der Waals surface area contributed by atoms with E-state index in [4.69, 9.17) is 15.2 Å². The molecule has 0 spiro atoms. The molecule has 1 aromatic rings. The smallest absolute Gasteiger partial charge is 0.315 e. The van der Waals surface area contributed by atoms with Crippen LogP contribution in [0.5, 0.6) is 11.5 Å². The lowest BCUT2D eigenvalue weighted by atomic mass is 10.1. The lowest BCUT2D eigenvalue weighted by Crippen LogP contribution is -2.38. The maximum atomic E-state index is 12.1. The number of carbonyl (C=O) groups is 1. The van der Waals surface area contributed by atoms with Crippen LogP contribution in [0.2, 0.25) is 0 Å². The van der Waals surface area contributed by atoms with Crippen LogP contribution in [0.15, 0.2) is 12.1 Å². The second-order valence-electron chi connectivity index (χ2n) is 5.20. The number of nitro groups is 1. The van der Waals surface area contributed by atoms with Gasteiger partial charge >= 0.3 is 5.69 Å². The van der Waals surface area contributed by atoms with Gasteiger partial charge in [-0.2, -0.15) is 0 Å². The number of carbonyl (C=O) groups excluding carboxylic acids is 1. The monoisotopic (exact) mass is 309 g/mol. The fourth-order valence-corrected chi connectivity index (χ4v) is 2.21. The predicted octanol–water partition coefficient (Wildman–Crippen LogP) is 1.08. The van der Waals surface area contributed by atoms with Gasteiger partial charge in [-0.05, 0) is 24.8 Å². The molecule has 0 aliphatic heterocycles. The number of rotatable bonds is 7. The first-order valence-electron chi connectivity index (χ1n) is 6.92. The van der Waals surface area contributed by atoms with E-state index in [0.717, 1.165) is 12.8 Å². The molecule has 2 rings (SSSR count). The van der Waals surface area contributed by atoms with Crippen LogP contribution in [0.1, 0.15) is 23.2 Å². The molecule has 1 aliphatic carbocycles. The van der Waals surface area contributed by atoms with Gasteiger partial charge in [0.1, 0.15) is 0 Å². The van der Waals surface area contributed by atoms with Gasteiger partial charge in [0.25, 0.3) is 5.91 Å². The fraction of sp³-hybridized carbons (Fsp3) is 0.500. The van der Waals surface area contributed by atoms with E-state index in [1.807, 2.05) is 0 Å². The highest BCUT2D eigenvalue weighted by molar-refractivity contribution is 5.96. The summed E-state index contributed by atoms with van der Waals surface area (Å²) in [6.07, 6.45) is 2.16. The van der Waals surface area contributed by atoms with Crippen molar-refractivity contribution in [2.45, 2.75) is 18.9 Å². The van der Waals surface area contributed by atoms with Crippen LogP contribution in [-0.4, -0.2) is 37.6 Å². The number of methoxy groups -OCH3 is 2. The largest absolute Gasteiger partial charge is 0.493 e. The van der Waals surface area contributed by atoms with Gasteiger partial charge in [-0.3, -0.25) is 14.9 Å². The Morgan fingerprint density at radius 3 is 2.64 bits per heavy atom. The molecular formula is C14H19N3O5. The molecule has 1 atom stereocenters. The molecule has 1 unspecified atom stereocenters. The highest BCUT2D eigenvalue weighted by atomic mass is 16.6. The Morgan fingerprint density at radius 1 is 1.45 bits per heavy atom. The number of nitrogens with two attached hydrogens (primary N) is 1. The van der Waals surface area contributed by atoms with Gasteiger partial charge in [-0.1, -0.05) is 0 Å². The maximum Gasteiger partial charge on any atom is 0.315 e. The van der Waals surface area contributed by atoms with E-state index in [0.29, 0.717) is 12.5 Å². The van der Waals surface area contributed by atoms with Gasteiger partial charge in [0.2, 0.25) is 5.75 Å². The first kappa shape index (κ1) is 16.0. The quantitative estimate of drug-likeness (QED) is 0.575. The molecule has 0 radical (unpaired) electrons. The third-order valence-corrected chi connectivity index (χ3v) is 3.64. The number of amides is 1. The van der Waals surface area contributed by atoms with Crippen molar-refractivity contribution in [3.05, 3.63) is 27.8 Å².